The van der Waals surface area contributed by atoms with E-state index in [0.717, 1.165) is 0 Å². The molecule has 1 heterocycles. The molecular weight excluding hydrogens is 370 g/mol. The van der Waals surface area contributed by atoms with Crippen molar-refractivity contribution in [2.45, 2.75) is 18.2 Å². The number of para-hydroxylation sites is 1. The number of nitrogens with one attached hydrogen (secondary N) is 2. The first-order valence-electron chi connectivity index (χ1n) is 8.16. The van der Waals surface area contributed by atoms with Gasteiger partial charge in [0.05, 0.1) is 24.3 Å². The lowest BCUT2D eigenvalue weighted by Crippen LogP contribution is -2.26. The highest BCUT2D eigenvalue weighted by Crippen LogP contribution is 2.27. The van der Waals surface area contributed by atoms with Gasteiger partial charge < -0.3 is 15.4 Å². The number of hydrogen-bond acceptors (Lipinski definition) is 6. The highest BCUT2D eigenvalue weighted by atomic mass is 32.2. The summed E-state index contributed by atoms with van der Waals surface area (Å²) in [6, 6.07) is 12.6. The van der Waals surface area contributed by atoms with Gasteiger partial charge in [-0.15, -0.1) is 4.40 Å². The summed E-state index contributed by atoms with van der Waals surface area (Å²) < 4.78 is 33.0. The molecule has 1 amide bonds. The predicted octanol–water partition coefficient (Wildman–Crippen LogP) is 2.40. The van der Waals surface area contributed by atoms with Crippen molar-refractivity contribution in [2.24, 2.45) is 4.40 Å². The summed E-state index contributed by atoms with van der Waals surface area (Å²) in [5.74, 6) is -0.945. The van der Waals surface area contributed by atoms with Crippen molar-refractivity contribution in [1.82, 2.24) is 0 Å². The Morgan fingerprint density at radius 1 is 1.15 bits per heavy atom. The fourth-order valence-electron chi connectivity index (χ4n) is 2.54. The molecule has 27 heavy (non-hydrogen) atoms. The second kappa shape index (κ2) is 7.58. The molecule has 0 atom stereocenters. The monoisotopic (exact) mass is 387 g/mol. The standard InChI is InChI=1S/C18H17N3O5S/c1-2-26-18(23)12-6-5-7-13(10-12)19-17(22)11-16-20-14-8-3-4-9-15(14)27(24,25)21-16/h3-10H,2,11H2,1H3,(H,19,22)(H,20,21). The van der Waals surface area contributed by atoms with E-state index in [1.54, 1.807) is 43.3 Å². The molecule has 0 saturated heterocycles. The highest BCUT2D eigenvalue weighted by Gasteiger charge is 2.25. The summed E-state index contributed by atoms with van der Waals surface area (Å²) in [5, 5.41) is 5.47. The Bertz CT molecular complexity index is 1030. The summed E-state index contributed by atoms with van der Waals surface area (Å²) in [6.07, 6.45) is -0.267. The summed E-state index contributed by atoms with van der Waals surface area (Å²) in [6.45, 7) is 1.95. The van der Waals surface area contributed by atoms with Crippen LogP contribution in [0.25, 0.3) is 0 Å². The number of carbonyl (C=O) groups excluding carboxylic acids is 2. The van der Waals surface area contributed by atoms with E-state index in [0.29, 0.717) is 16.9 Å². The van der Waals surface area contributed by atoms with Gasteiger partial charge in [-0.25, -0.2) is 4.79 Å². The molecule has 0 bridgehead atoms. The van der Waals surface area contributed by atoms with Crippen LogP contribution in [0.3, 0.4) is 0 Å². The second-order valence-electron chi connectivity index (χ2n) is 5.66. The SMILES string of the molecule is CCOC(=O)c1cccc(NC(=O)CC2=NS(=O)(=O)c3ccccc3N2)c1. The maximum Gasteiger partial charge on any atom is 0.338 e. The molecule has 1 aliphatic rings. The molecule has 2 aromatic rings. The predicted molar refractivity (Wildman–Crippen MR) is 100 cm³/mol. The van der Waals surface area contributed by atoms with Crippen LogP contribution >= 0.6 is 0 Å². The van der Waals surface area contributed by atoms with Gasteiger partial charge in [-0.1, -0.05) is 18.2 Å². The van der Waals surface area contributed by atoms with E-state index in [9.17, 15) is 18.0 Å². The summed E-state index contributed by atoms with van der Waals surface area (Å²) in [7, 11) is -3.85. The van der Waals surface area contributed by atoms with E-state index in [-0.39, 0.29) is 23.8 Å². The Morgan fingerprint density at radius 2 is 1.93 bits per heavy atom. The van der Waals surface area contributed by atoms with Gasteiger partial charge in [-0.2, -0.15) is 8.42 Å². The number of ether oxygens (including phenoxy) is 1. The number of amides is 1. The van der Waals surface area contributed by atoms with Crippen LogP contribution in [-0.4, -0.2) is 32.7 Å². The first-order chi connectivity index (χ1) is 12.9. The van der Waals surface area contributed by atoms with Crippen molar-refractivity contribution in [2.75, 3.05) is 17.2 Å². The normalized spacial score (nSPS) is 14.3. The van der Waals surface area contributed by atoms with Gasteiger partial charge in [-0.05, 0) is 37.3 Å². The number of hydrogen-bond donors (Lipinski definition) is 2. The number of benzene rings is 2. The zero-order valence-corrected chi connectivity index (χ0v) is 15.2. The van der Waals surface area contributed by atoms with Gasteiger partial charge in [0.25, 0.3) is 10.0 Å². The number of amidine groups is 1. The molecule has 0 saturated carbocycles. The third kappa shape index (κ3) is 4.32. The van der Waals surface area contributed by atoms with Crippen LogP contribution in [0.4, 0.5) is 11.4 Å². The van der Waals surface area contributed by atoms with Crippen molar-refractivity contribution in [1.29, 1.82) is 0 Å². The Hall–Kier alpha value is -3.20. The highest BCUT2D eigenvalue weighted by molar-refractivity contribution is 7.90. The van der Waals surface area contributed by atoms with Gasteiger partial charge in [0.1, 0.15) is 10.7 Å². The molecule has 2 aromatic carbocycles. The maximum atomic E-state index is 12.3. The smallest absolute Gasteiger partial charge is 0.338 e. The fraction of sp³-hybridized carbons (Fsp3) is 0.167. The molecular formula is C18H17N3O5S. The largest absolute Gasteiger partial charge is 0.462 e. The van der Waals surface area contributed by atoms with E-state index in [1.807, 2.05) is 0 Å². The Labute approximate surface area is 156 Å². The third-order valence-corrected chi connectivity index (χ3v) is 5.03. The minimum atomic E-state index is -3.85. The van der Waals surface area contributed by atoms with Crippen LogP contribution in [0, 0.1) is 0 Å². The molecule has 3 rings (SSSR count). The number of sulfonamides is 1. The van der Waals surface area contributed by atoms with Gasteiger partial charge in [0.15, 0.2) is 0 Å². The van der Waals surface area contributed by atoms with Crippen molar-refractivity contribution < 1.29 is 22.7 Å². The van der Waals surface area contributed by atoms with E-state index in [2.05, 4.69) is 15.0 Å². The third-order valence-electron chi connectivity index (χ3n) is 3.66. The second-order valence-corrected chi connectivity index (χ2v) is 7.23. The molecule has 140 valence electrons. The van der Waals surface area contributed by atoms with Crippen LogP contribution in [0.15, 0.2) is 57.8 Å². The molecule has 2 N–H and O–H groups in total. The molecule has 0 spiro atoms. The van der Waals surface area contributed by atoms with Crippen LogP contribution in [-0.2, 0) is 19.6 Å². The van der Waals surface area contributed by atoms with E-state index in [4.69, 9.17) is 4.74 Å². The van der Waals surface area contributed by atoms with Gasteiger partial charge in [-0.3, -0.25) is 4.79 Å². The molecule has 9 heteroatoms. The van der Waals surface area contributed by atoms with Gasteiger partial charge in [0, 0.05) is 5.69 Å². The maximum absolute atomic E-state index is 12.3. The zero-order valence-electron chi connectivity index (χ0n) is 14.4. The summed E-state index contributed by atoms with van der Waals surface area (Å²) in [5.41, 5.74) is 1.07. The average Bonchev–Trinajstić information content (AvgIpc) is 2.61. The van der Waals surface area contributed by atoms with Gasteiger partial charge >= 0.3 is 5.97 Å². The quantitative estimate of drug-likeness (QED) is 0.762. The minimum Gasteiger partial charge on any atom is -0.462 e. The van der Waals surface area contributed by atoms with Crippen molar-refractivity contribution >= 4 is 39.1 Å². The van der Waals surface area contributed by atoms with Crippen molar-refractivity contribution in [3.8, 4) is 0 Å². The van der Waals surface area contributed by atoms with Crippen LogP contribution < -0.4 is 10.6 Å². The summed E-state index contributed by atoms with van der Waals surface area (Å²) >= 11 is 0. The Kier molecular flexibility index (Phi) is 5.22. The molecule has 0 fully saturated rings. The zero-order chi connectivity index (χ0) is 19.4. The number of rotatable bonds is 5. The van der Waals surface area contributed by atoms with Crippen LogP contribution in [0.2, 0.25) is 0 Å². The number of nitrogens with zero attached hydrogens (tertiary/aromatic N) is 1. The molecule has 0 unspecified atom stereocenters. The van der Waals surface area contributed by atoms with E-state index < -0.39 is 21.9 Å². The lowest BCUT2D eigenvalue weighted by atomic mass is 10.2. The number of carbonyl (C=O) groups is 2. The fourth-order valence-corrected chi connectivity index (χ4v) is 3.69. The Balaban J connectivity index is 1.71. The molecule has 8 nitrogen and oxygen atoms in total. The Morgan fingerprint density at radius 3 is 2.70 bits per heavy atom. The molecule has 0 radical (unpaired) electrons. The molecule has 1 aliphatic heterocycles. The number of anilines is 2. The first kappa shape index (κ1) is 18.6. The number of esters is 1. The number of fused-ring (bicyclic) bond motifs is 1. The topological polar surface area (TPSA) is 114 Å². The molecule has 0 aromatic heterocycles. The van der Waals surface area contributed by atoms with E-state index >= 15 is 0 Å². The first-order valence-corrected chi connectivity index (χ1v) is 9.60. The lowest BCUT2D eigenvalue weighted by Gasteiger charge is -2.17. The molecule has 0 aliphatic carbocycles. The average molecular weight is 387 g/mol. The van der Waals surface area contributed by atoms with Crippen LogP contribution in [0.5, 0.6) is 0 Å². The van der Waals surface area contributed by atoms with E-state index in [1.165, 1.54) is 12.1 Å². The van der Waals surface area contributed by atoms with Gasteiger partial charge in [0.2, 0.25) is 5.91 Å². The minimum absolute atomic E-state index is 0.0211. The lowest BCUT2D eigenvalue weighted by molar-refractivity contribution is -0.115. The summed E-state index contributed by atoms with van der Waals surface area (Å²) in [4.78, 5) is 24.1. The van der Waals surface area contributed by atoms with Crippen molar-refractivity contribution in [3.05, 3.63) is 54.1 Å². The van der Waals surface area contributed by atoms with Crippen molar-refractivity contribution in [3.63, 3.8) is 0 Å². The van der Waals surface area contributed by atoms with Crippen LogP contribution in [0.1, 0.15) is 23.7 Å².